The summed E-state index contributed by atoms with van der Waals surface area (Å²) in [5.74, 6) is -0.686. The molecule has 3 atom stereocenters. The van der Waals surface area contributed by atoms with E-state index in [0.29, 0.717) is 13.2 Å². The van der Waals surface area contributed by atoms with Crippen molar-refractivity contribution < 1.29 is 14.6 Å². The van der Waals surface area contributed by atoms with Gasteiger partial charge in [0.05, 0.1) is 19.3 Å². The van der Waals surface area contributed by atoms with Crippen molar-refractivity contribution in [1.29, 1.82) is 0 Å². The van der Waals surface area contributed by atoms with Gasteiger partial charge in [-0.3, -0.25) is 9.59 Å². The normalized spacial score (nSPS) is 31.1. The molecule has 1 aromatic rings. The number of carbonyl (C=O) groups excluding carboxylic acids is 1. The minimum atomic E-state index is -0.505. The highest BCUT2D eigenvalue weighted by molar-refractivity contribution is 5.99. The van der Waals surface area contributed by atoms with E-state index in [1.807, 2.05) is 6.92 Å². The maximum atomic E-state index is 12.2. The third-order valence-corrected chi connectivity index (χ3v) is 3.84. The van der Waals surface area contributed by atoms with Gasteiger partial charge in [-0.15, -0.1) is 0 Å². The molecule has 5 nitrogen and oxygen atoms in total. The monoisotopic (exact) mass is 235 g/mol. The molecule has 1 N–H and O–H groups in total. The second-order valence-electron chi connectivity index (χ2n) is 4.71. The van der Waals surface area contributed by atoms with E-state index in [1.54, 1.807) is 10.8 Å². The molecule has 1 saturated heterocycles. The van der Waals surface area contributed by atoms with Crippen molar-refractivity contribution >= 4 is 5.78 Å². The Kier molecular flexibility index (Phi) is 2.13. The van der Waals surface area contributed by atoms with Crippen LogP contribution < -0.4 is 5.43 Å². The molecule has 3 heterocycles. The lowest BCUT2D eigenvalue weighted by atomic mass is 9.81. The predicted octanol–water partition coefficient (Wildman–Crippen LogP) is 0.574. The minimum absolute atomic E-state index is 0.0456. The summed E-state index contributed by atoms with van der Waals surface area (Å²) in [6.07, 6.45) is 1.58. The molecule has 0 spiro atoms. The van der Waals surface area contributed by atoms with Gasteiger partial charge in [-0.05, 0) is 0 Å². The molecule has 5 heteroatoms. The second-order valence-corrected chi connectivity index (χ2v) is 4.71. The molecule has 90 valence electrons. The zero-order chi connectivity index (χ0) is 12.2. The number of aromatic hydroxyl groups is 1. The molecule has 0 radical (unpaired) electrons. The number of hydrogen-bond acceptors (Lipinski definition) is 4. The largest absolute Gasteiger partial charge is 0.503 e. The van der Waals surface area contributed by atoms with Crippen LogP contribution in [0.4, 0.5) is 0 Å². The number of nitrogens with zero attached hydrogens (tertiary/aromatic N) is 1. The van der Waals surface area contributed by atoms with Crippen molar-refractivity contribution in [3.05, 3.63) is 28.2 Å². The van der Waals surface area contributed by atoms with Crippen molar-refractivity contribution in [1.82, 2.24) is 4.57 Å². The van der Waals surface area contributed by atoms with E-state index in [4.69, 9.17) is 4.74 Å². The summed E-state index contributed by atoms with van der Waals surface area (Å²) in [4.78, 5) is 23.5. The summed E-state index contributed by atoms with van der Waals surface area (Å²) in [6.45, 7) is 2.91. The van der Waals surface area contributed by atoms with Gasteiger partial charge in [0, 0.05) is 24.1 Å². The number of hydrogen-bond donors (Lipinski definition) is 1. The first kappa shape index (κ1) is 10.5. The number of aromatic nitrogens is 1. The van der Waals surface area contributed by atoms with Gasteiger partial charge in [0.25, 0.3) is 0 Å². The first-order valence-corrected chi connectivity index (χ1v) is 5.67. The number of Topliss-reactive ketones (excluding diaryl/α,β-unsaturated/α-hetero) is 1. The van der Waals surface area contributed by atoms with Gasteiger partial charge in [-0.25, -0.2) is 0 Å². The van der Waals surface area contributed by atoms with Gasteiger partial charge in [0.1, 0.15) is 5.69 Å². The van der Waals surface area contributed by atoms with Crippen molar-refractivity contribution in [2.45, 2.75) is 13.0 Å². The van der Waals surface area contributed by atoms with Crippen LogP contribution >= 0.6 is 0 Å². The lowest BCUT2D eigenvalue weighted by molar-refractivity contribution is 0.0805. The van der Waals surface area contributed by atoms with Crippen LogP contribution in [0.5, 0.6) is 5.75 Å². The quantitative estimate of drug-likeness (QED) is 0.714. The van der Waals surface area contributed by atoms with Crippen LogP contribution in [0.2, 0.25) is 0 Å². The summed E-state index contributed by atoms with van der Waals surface area (Å²) in [6, 6.07) is 1.33. The van der Waals surface area contributed by atoms with Crippen molar-refractivity contribution in [2.75, 3.05) is 13.2 Å². The summed E-state index contributed by atoms with van der Waals surface area (Å²) >= 11 is 0. The standard InChI is InChI=1S/C12H13NO4/c1-6-7-4-17-5-8(7)13-3-2-9(14)12(16)10(13)11(6)15/h2-3,6-8,16H,4-5H2,1H3/t6?,7-,8-/m1/s1. The Balaban J connectivity index is 2.26. The lowest BCUT2D eigenvalue weighted by Crippen LogP contribution is -2.38. The van der Waals surface area contributed by atoms with Crippen molar-refractivity contribution in [2.24, 2.45) is 11.8 Å². The molecule has 1 unspecified atom stereocenters. The highest BCUT2D eigenvalue weighted by Crippen LogP contribution is 2.39. The molecule has 2 aliphatic rings. The van der Waals surface area contributed by atoms with Crippen molar-refractivity contribution in [3.8, 4) is 5.75 Å². The Morgan fingerprint density at radius 1 is 1.41 bits per heavy atom. The molecule has 17 heavy (non-hydrogen) atoms. The summed E-state index contributed by atoms with van der Waals surface area (Å²) in [5.41, 5.74) is -0.370. The van der Waals surface area contributed by atoms with Crippen LogP contribution in [-0.2, 0) is 4.74 Å². The average molecular weight is 235 g/mol. The fraction of sp³-hybridized carbons (Fsp3) is 0.500. The Bertz CT molecular complexity index is 548. The van der Waals surface area contributed by atoms with Crippen LogP contribution in [0, 0.1) is 11.8 Å². The van der Waals surface area contributed by atoms with Gasteiger partial charge in [0.2, 0.25) is 5.43 Å². The van der Waals surface area contributed by atoms with Crippen molar-refractivity contribution in [3.63, 3.8) is 0 Å². The molecule has 0 saturated carbocycles. The summed E-state index contributed by atoms with van der Waals surface area (Å²) < 4.78 is 7.10. The molecule has 0 amide bonds. The second kappa shape index (κ2) is 3.43. The Morgan fingerprint density at radius 2 is 2.18 bits per heavy atom. The Hall–Kier alpha value is -1.62. The molecular weight excluding hydrogens is 222 g/mol. The molecule has 0 bridgehead atoms. The summed E-state index contributed by atoms with van der Waals surface area (Å²) in [7, 11) is 0. The third-order valence-electron chi connectivity index (χ3n) is 3.84. The molecule has 0 aromatic carbocycles. The zero-order valence-corrected chi connectivity index (χ0v) is 9.42. The highest BCUT2D eigenvalue weighted by atomic mass is 16.5. The number of pyridine rings is 1. The van der Waals surface area contributed by atoms with E-state index in [0.717, 1.165) is 0 Å². The molecule has 0 aliphatic carbocycles. The highest BCUT2D eigenvalue weighted by Gasteiger charge is 2.44. The molecule has 1 aromatic heterocycles. The fourth-order valence-corrected chi connectivity index (χ4v) is 2.79. The van der Waals surface area contributed by atoms with Gasteiger partial charge in [-0.2, -0.15) is 0 Å². The number of fused-ring (bicyclic) bond motifs is 3. The van der Waals surface area contributed by atoms with E-state index >= 15 is 0 Å². The predicted molar refractivity (Wildman–Crippen MR) is 59.2 cm³/mol. The van der Waals surface area contributed by atoms with Crippen LogP contribution in [0.3, 0.4) is 0 Å². The number of carbonyl (C=O) groups is 1. The van der Waals surface area contributed by atoms with Gasteiger partial charge >= 0.3 is 0 Å². The number of rotatable bonds is 0. The van der Waals surface area contributed by atoms with E-state index < -0.39 is 11.2 Å². The van der Waals surface area contributed by atoms with E-state index in [-0.39, 0.29) is 29.4 Å². The van der Waals surface area contributed by atoms with Crippen LogP contribution in [0.15, 0.2) is 17.1 Å². The molecule has 2 aliphatic heterocycles. The maximum Gasteiger partial charge on any atom is 0.223 e. The van der Waals surface area contributed by atoms with E-state index in [2.05, 4.69) is 0 Å². The molecule has 3 rings (SSSR count). The van der Waals surface area contributed by atoms with E-state index in [9.17, 15) is 14.7 Å². The zero-order valence-electron chi connectivity index (χ0n) is 9.42. The average Bonchev–Trinajstić information content (AvgIpc) is 2.79. The Morgan fingerprint density at radius 3 is 2.94 bits per heavy atom. The Labute approximate surface area is 97.6 Å². The fourth-order valence-electron chi connectivity index (χ4n) is 2.79. The smallest absolute Gasteiger partial charge is 0.223 e. The lowest BCUT2D eigenvalue weighted by Gasteiger charge is -2.33. The van der Waals surface area contributed by atoms with Crippen LogP contribution in [0.25, 0.3) is 0 Å². The SMILES string of the molecule is CC1C(=O)c2c(O)c(=O)ccn2[C@@H]2COC[C@H]12. The molecular formula is C12H13NO4. The topological polar surface area (TPSA) is 68.5 Å². The number of ether oxygens (including phenoxy) is 1. The first-order chi connectivity index (χ1) is 8.11. The third kappa shape index (κ3) is 1.29. The van der Waals surface area contributed by atoms with Gasteiger partial charge < -0.3 is 14.4 Å². The first-order valence-electron chi connectivity index (χ1n) is 5.67. The maximum absolute atomic E-state index is 12.2. The van der Waals surface area contributed by atoms with Gasteiger partial charge in [0.15, 0.2) is 11.5 Å². The minimum Gasteiger partial charge on any atom is -0.503 e. The van der Waals surface area contributed by atoms with E-state index in [1.165, 1.54) is 6.07 Å². The number of ketones is 1. The summed E-state index contributed by atoms with van der Waals surface area (Å²) in [5, 5.41) is 9.76. The van der Waals surface area contributed by atoms with Crippen LogP contribution in [-0.4, -0.2) is 28.7 Å². The molecule has 1 fully saturated rings. The van der Waals surface area contributed by atoms with Gasteiger partial charge in [-0.1, -0.05) is 6.92 Å². The van der Waals surface area contributed by atoms with Crippen LogP contribution in [0.1, 0.15) is 23.5 Å².